The number of hydrogen-bond donors (Lipinski definition) is 4. The van der Waals surface area contributed by atoms with Crippen LogP contribution in [0, 0.1) is 0 Å². The van der Waals surface area contributed by atoms with Gasteiger partial charge in [-0.3, -0.25) is 0 Å². The van der Waals surface area contributed by atoms with Gasteiger partial charge in [0.15, 0.2) is 11.5 Å². The molecular weight excluding hydrogens is 244 g/mol. The Balaban J connectivity index is 1.98. The summed E-state index contributed by atoms with van der Waals surface area (Å²) in [5.41, 5.74) is 6.97. The van der Waals surface area contributed by atoms with E-state index in [2.05, 4.69) is 42.1 Å². The van der Waals surface area contributed by atoms with E-state index < -0.39 is 0 Å². The van der Waals surface area contributed by atoms with Gasteiger partial charge in [-0.2, -0.15) is 9.97 Å². The second kappa shape index (κ2) is 4.56. The summed E-state index contributed by atoms with van der Waals surface area (Å²) >= 11 is 0. The summed E-state index contributed by atoms with van der Waals surface area (Å²) in [6.45, 7) is 2.06. The van der Waals surface area contributed by atoms with E-state index in [1.807, 2.05) is 0 Å². The van der Waals surface area contributed by atoms with E-state index in [1.165, 1.54) is 0 Å². The molecule has 0 spiro atoms. The van der Waals surface area contributed by atoms with Crippen LogP contribution in [0.15, 0.2) is 18.7 Å². The molecule has 98 valence electrons. The summed E-state index contributed by atoms with van der Waals surface area (Å²) in [4.78, 5) is 22.7. The number of aromatic nitrogens is 6. The molecule has 0 aliphatic carbocycles. The van der Waals surface area contributed by atoms with Crippen molar-refractivity contribution in [3.63, 3.8) is 0 Å². The van der Waals surface area contributed by atoms with Crippen LogP contribution in [0.1, 0.15) is 25.2 Å². The van der Waals surface area contributed by atoms with Crippen molar-refractivity contribution in [1.82, 2.24) is 29.9 Å². The van der Waals surface area contributed by atoms with E-state index >= 15 is 0 Å². The van der Waals surface area contributed by atoms with Gasteiger partial charge in [0.05, 0.1) is 12.4 Å². The molecule has 0 fully saturated rings. The Hall–Kier alpha value is -2.64. The first-order valence-corrected chi connectivity index (χ1v) is 6.00. The molecule has 8 nitrogen and oxygen atoms in total. The first-order chi connectivity index (χ1) is 9.28. The maximum atomic E-state index is 5.69. The molecule has 3 rings (SSSR count). The minimum absolute atomic E-state index is 0.0178. The highest BCUT2D eigenvalue weighted by Gasteiger charge is 2.16. The van der Waals surface area contributed by atoms with E-state index in [1.54, 1.807) is 18.7 Å². The largest absolute Gasteiger partial charge is 0.368 e. The lowest BCUT2D eigenvalue weighted by Crippen LogP contribution is -2.13. The number of imidazole rings is 2. The fourth-order valence-electron chi connectivity index (χ4n) is 1.95. The number of hydrogen-bond acceptors (Lipinski definition) is 6. The lowest BCUT2D eigenvalue weighted by molar-refractivity contribution is 0.701. The van der Waals surface area contributed by atoms with Crippen LogP contribution in [-0.4, -0.2) is 29.9 Å². The van der Waals surface area contributed by atoms with E-state index in [-0.39, 0.29) is 12.0 Å². The third-order valence-electron chi connectivity index (χ3n) is 2.86. The highest BCUT2D eigenvalue weighted by molar-refractivity contribution is 5.83. The fraction of sp³-hybridized carbons (Fsp3) is 0.273. The van der Waals surface area contributed by atoms with Gasteiger partial charge in [0.25, 0.3) is 0 Å². The standard InChI is InChI=1S/C11H14N8/c1-2-6(8-13-3-4-14-8)17-10-7-9(16-5-15-7)18-11(12)19-10/h3-6H,2H2,1H3,(H,13,14)(H4,12,15,16,17,18,19). The minimum Gasteiger partial charge on any atom is -0.368 e. The average molecular weight is 258 g/mol. The van der Waals surface area contributed by atoms with E-state index in [9.17, 15) is 0 Å². The van der Waals surface area contributed by atoms with Gasteiger partial charge in [-0.15, -0.1) is 0 Å². The molecule has 0 bridgehead atoms. The number of nitrogen functional groups attached to an aromatic ring is 1. The third-order valence-corrected chi connectivity index (χ3v) is 2.86. The number of aromatic amines is 2. The van der Waals surface area contributed by atoms with Gasteiger partial charge in [0, 0.05) is 12.4 Å². The van der Waals surface area contributed by atoms with Crippen molar-refractivity contribution in [1.29, 1.82) is 0 Å². The Labute approximate surface area is 108 Å². The van der Waals surface area contributed by atoms with Gasteiger partial charge in [-0.25, -0.2) is 9.97 Å². The quantitative estimate of drug-likeness (QED) is 0.558. The molecule has 3 aromatic rings. The Morgan fingerprint density at radius 1 is 1.32 bits per heavy atom. The van der Waals surface area contributed by atoms with E-state index in [4.69, 9.17) is 5.73 Å². The maximum Gasteiger partial charge on any atom is 0.224 e. The molecule has 0 radical (unpaired) electrons. The van der Waals surface area contributed by atoms with Crippen LogP contribution in [0.25, 0.3) is 11.2 Å². The molecule has 0 aliphatic rings. The molecule has 0 saturated carbocycles. The summed E-state index contributed by atoms with van der Waals surface area (Å²) in [5, 5.41) is 3.29. The first kappa shape index (κ1) is 11.5. The lowest BCUT2D eigenvalue weighted by Gasteiger charge is -2.15. The Kier molecular flexibility index (Phi) is 2.75. The Bertz CT molecular complexity index is 671. The van der Waals surface area contributed by atoms with Crippen molar-refractivity contribution in [3.05, 3.63) is 24.5 Å². The number of rotatable bonds is 4. The number of fused-ring (bicyclic) bond motifs is 1. The molecule has 3 heterocycles. The van der Waals surface area contributed by atoms with Crippen LogP contribution in [0.5, 0.6) is 0 Å². The van der Waals surface area contributed by atoms with Gasteiger partial charge in [0.1, 0.15) is 11.3 Å². The van der Waals surface area contributed by atoms with Crippen LogP contribution in [0.3, 0.4) is 0 Å². The highest BCUT2D eigenvalue weighted by Crippen LogP contribution is 2.23. The molecule has 8 heteroatoms. The summed E-state index contributed by atoms with van der Waals surface area (Å²) in [5.74, 6) is 1.66. The molecule has 0 saturated heterocycles. The topological polar surface area (TPSA) is 121 Å². The summed E-state index contributed by atoms with van der Waals surface area (Å²) in [7, 11) is 0. The summed E-state index contributed by atoms with van der Waals surface area (Å²) in [6, 6.07) is 0.0178. The predicted molar refractivity (Wildman–Crippen MR) is 71.3 cm³/mol. The minimum atomic E-state index is 0.0178. The van der Waals surface area contributed by atoms with Crippen molar-refractivity contribution in [2.45, 2.75) is 19.4 Å². The molecule has 5 N–H and O–H groups in total. The van der Waals surface area contributed by atoms with Crippen LogP contribution >= 0.6 is 0 Å². The predicted octanol–water partition coefficient (Wildman–Crippen LogP) is 1.22. The normalized spacial score (nSPS) is 12.7. The van der Waals surface area contributed by atoms with Crippen molar-refractivity contribution >= 4 is 22.9 Å². The number of H-pyrrole nitrogens is 2. The zero-order valence-corrected chi connectivity index (χ0v) is 10.4. The first-order valence-electron chi connectivity index (χ1n) is 6.00. The molecule has 1 unspecified atom stereocenters. The molecule has 1 atom stereocenters. The van der Waals surface area contributed by atoms with Gasteiger partial charge < -0.3 is 21.0 Å². The maximum absolute atomic E-state index is 5.69. The molecule has 0 aromatic carbocycles. The number of nitrogens with one attached hydrogen (secondary N) is 3. The average Bonchev–Trinajstić information content (AvgIpc) is 3.05. The van der Waals surface area contributed by atoms with E-state index in [0.29, 0.717) is 17.0 Å². The zero-order chi connectivity index (χ0) is 13.2. The van der Waals surface area contributed by atoms with Gasteiger partial charge >= 0.3 is 0 Å². The third kappa shape index (κ3) is 2.07. The van der Waals surface area contributed by atoms with Gasteiger partial charge in [0.2, 0.25) is 5.95 Å². The van der Waals surface area contributed by atoms with Gasteiger partial charge in [-0.1, -0.05) is 6.92 Å². The van der Waals surface area contributed by atoms with Crippen LogP contribution in [0.4, 0.5) is 11.8 Å². The molecule has 3 aromatic heterocycles. The monoisotopic (exact) mass is 258 g/mol. The number of nitrogens with zero attached hydrogens (tertiary/aromatic N) is 4. The fourth-order valence-corrected chi connectivity index (χ4v) is 1.95. The zero-order valence-electron chi connectivity index (χ0n) is 10.4. The lowest BCUT2D eigenvalue weighted by atomic mass is 10.2. The van der Waals surface area contributed by atoms with Crippen LogP contribution < -0.4 is 11.1 Å². The second-order valence-electron chi connectivity index (χ2n) is 4.11. The molecule has 0 amide bonds. The number of nitrogens with two attached hydrogens (primary N) is 1. The molecule has 19 heavy (non-hydrogen) atoms. The number of anilines is 2. The summed E-state index contributed by atoms with van der Waals surface area (Å²) in [6.07, 6.45) is 5.93. The molecule has 0 aliphatic heterocycles. The smallest absolute Gasteiger partial charge is 0.224 e. The Morgan fingerprint density at radius 3 is 2.95 bits per heavy atom. The van der Waals surface area contributed by atoms with Crippen molar-refractivity contribution in [2.24, 2.45) is 0 Å². The van der Waals surface area contributed by atoms with Crippen molar-refractivity contribution in [2.75, 3.05) is 11.1 Å². The van der Waals surface area contributed by atoms with Gasteiger partial charge in [-0.05, 0) is 6.42 Å². The molecular formula is C11H14N8. The van der Waals surface area contributed by atoms with Crippen molar-refractivity contribution < 1.29 is 0 Å². The van der Waals surface area contributed by atoms with E-state index in [0.717, 1.165) is 12.2 Å². The SMILES string of the molecule is CCC(Nc1nc(N)nc2[nH]cnc12)c1ncc[nH]1. The van der Waals surface area contributed by atoms with Crippen LogP contribution in [-0.2, 0) is 0 Å². The summed E-state index contributed by atoms with van der Waals surface area (Å²) < 4.78 is 0. The highest BCUT2D eigenvalue weighted by atomic mass is 15.2. The van der Waals surface area contributed by atoms with Crippen molar-refractivity contribution in [3.8, 4) is 0 Å². The Morgan fingerprint density at radius 2 is 2.21 bits per heavy atom. The second-order valence-corrected chi connectivity index (χ2v) is 4.11. The van der Waals surface area contributed by atoms with Crippen LogP contribution in [0.2, 0.25) is 0 Å².